The molecule has 1 atom stereocenters. The molecule has 2 aromatic heterocycles. The molecule has 20 heavy (non-hydrogen) atoms. The van der Waals surface area contributed by atoms with Crippen molar-refractivity contribution in [2.75, 3.05) is 0 Å². The van der Waals surface area contributed by atoms with Crippen molar-refractivity contribution in [1.29, 1.82) is 0 Å². The number of rotatable bonds is 4. The fourth-order valence-electron chi connectivity index (χ4n) is 1.71. The molecule has 1 unspecified atom stereocenters. The molecule has 0 aromatic carbocycles. The number of Topliss-reactive ketones (excluding diaryl/α,β-unsaturated/α-hetero) is 1. The summed E-state index contributed by atoms with van der Waals surface area (Å²) in [6.45, 7) is 5.67. The highest BCUT2D eigenvalue weighted by atomic mass is 127. The first-order valence-electron chi connectivity index (χ1n) is 6.32. The van der Waals surface area contributed by atoms with E-state index in [0.29, 0.717) is 5.75 Å². The van der Waals surface area contributed by atoms with Gasteiger partial charge in [-0.3, -0.25) is 9.78 Å². The maximum atomic E-state index is 12.6. The Morgan fingerprint density at radius 2 is 1.95 bits per heavy atom. The highest BCUT2D eigenvalue weighted by Gasteiger charge is 2.32. The lowest BCUT2D eigenvalue weighted by atomic mass is 9.89. The molecule has 2 rings (SSSR count). The standard InChI is InChI=1S/C15H17IN2O2/c1-15(2,3)13(19)14(18-6-4-5-7-18)20-12-8-11(16)9-17-10-12/h4-10,14H,1-3H3. The van der Waals surface area contributed by atoms with Gasteiger partial charge < -0.3 is 9.30 Å². The van der Waals surface area contributed by atoms with Gasteiger partial charge in [0.15, 0.2) is 5.78 Å². The minimum absolute atomic E-state index is 0.0209. The van der Waals surface area contributed by atoms with Crippen LogP contribution in [0.5, 0.6) is 5.75 Å². The Morgan fingerprint density at radius 1 is 1.30 bits per heavy atom. The zero-order valence-electron chi connectivity index (χ0n) is 11.7. The van der Waals surface area contributed by atoms with Crippen LogP contribution in [0.25, 0.3) is 0 Å². The smallest absolute Gasteiger partial charge is 0.235 e. The minimum atomic E-state index is -0.676. The van der Waals surface area contributed by atoms with Gasteiger partial charge in [0.25, 0.3) is 0 Å². The first kappa shape index (κ1) is 15.0. The third-order valence-electron chi connectivity index (χ3n) is 2.79. The number of hydrogen-bond acceptors (Lipinski definition) is 3. The minimum Gasteiger partial charge on any atom is -0.461 e. The first-order chi connectivity index (χ1) is 9.38. The van der Waals surface area contributed by atoms with Crippen LogP contribution in [0.1, 0.15) is 27.0 Å². The molecule has 2 aromatic rings. The fourth-order valence-corrected chi connectivity index (χ4v) is 2.18. The van der Waals surface area contributed by atoms with Crippen molar-refractivity contribution in [3.05, 3.63) is 46.6 Å². The maximum Gasteiger partial charge on any atom is 0.235 e. The van der Waals surface area contributed by atoms with Crippen molar-refractivity contribution in [3.8, 4) is 5.75 Å². The Labute approximate surface area is 132 Å². The van der Waals surface area contributed by atoms with Gasteiger partial charge in [0, 0.05) is 27.6 Å². The van der Waals surface area contributed by atoms with Gasteiger partial charge >= 0.3 is 0 Å². The highest BCUT2D eigenvalue weighted by Crippen LogP contribution is 2.27. The van der Waals surface area contributed by atoms with E-state index in [1.54, 1.807) is 17.0 Å². The topological polar surface area (TPSA) is 44.1 Å². The zero-order chi connectivity index (χ0) is 14.8. The molecule has 0 bridgehead atoms. The molecule has 0 fully saturated rings. The summed E-state index contributed by atoms with van der Waals surface area (Å²) in [6.07, 6.45) is 6.34. The van der Waals surface area contributed by atoms with Crippen LogP contribution in [-0.2, 0) is 4.79 Å². The predicted octanol–water partition coefficient (Wildman–Crippen LogP) is 3.68. The van der Waals surface area contributed by atoms with Gasteiger partial charge in [0.1, 0.15) is 5.75 Å². The van der Waals surface area contributed by atoms with E-state index < -0.39 is 11.6 Å². The van der Waals surface area contributed by atoms with E-state index in [9.17, 15) is 4.79 Å². The Balaban J connectivity index is 2.31. The van der Waals surface area contributed by atoms with Crippen molar-refractivity contribution in [1.82, 2.24) is 9.55 Å². The molecule has 106 valence electrons. The van der Waals surface area contributed by atoms with Crippen LogP contribution < -0.4 is 4.74 Å². The lowest BCUT2D eigenvalue weighted by molar-refractivity contribution is -0.137. The van der Waals surface area contributed by atoms with Crippen LogP contribution in [0.3, 0.4) is 0 Å². The van der Waals surface area contributed by atoms with Gasteiger partial charge in [0.2, 0.25) is 6.23 Å². The summed E-state index contributed by atoms with van der Waals surface area (Å²) in [5.41, 5.74) is -0.482. The van der Waals surface area contributed by atoms with Gasteiger partial charge in [-0.1, -0.05) is 20.8 Å². The highest BCUT2D eigenvalue weighted by molar-refractivity contribution is 14.1. The second kappa shape index (κ2) is 5.95. The molecule has 0 spiro atoms. The molecule has 0 aliphatic heterocycles. The summed E-state index contributed by atoms with van der Waals surface area (Å²) in [5, 5.41) is 0. The van der Waals surface area contributed by atoms with Crippen molar-refractivity contribution < 1.29 is 9.53 Å². The molecule has 0 amide bonds. The maximum absolute atomic E-state index is 12.6. The number of hydrogen-bond donors (Lipinski definition) is 0. The third-order valence-corrected chi connectivity index (χ3v) is 3.38. The van der Waals surface area contributed by atoms with Crippen molar-refractivity contribution in [2.45, 2.75) is 27.0 Å². The number of nitrogens with zero attached hydrogens (tertiary/aromatic N) is 2. The molecule has 0 aliphatic carbocycles. The summed E-state index contributed by atoms with van der Waals surface area (Å²) >= 11 is 2.16. The SMILES string of the molecule is CC(C)(C)C(=O)C(Oc1cncc(I)c1)n1cccc1. The van der Waals surface area contributed by atoms with Crippen molar-refractivity contribution in [3.63, 3.8) is 0 Å². The van der Waals surface area contributed by atoms with Crippen LogP contribution in [-0.4, -0.2) is 15.3 Å². The van der Waals surface area contributed by atoms with Gasteiger partial charge in [0.05, 0.1) is 6.20 Å². The van der Waals surface area contributed by atoms with E-state index >= 15 is 0 Å². The lowest BCUT2D eigenvalue weighted by Crippen LogP contribution is -2.33. The summed E-state index contributed by atoms with van der Waals surface area (Å²) in [4.78, 5) is 16.7. The fraction of sp³-hybridized carbons (Fsp3) is 0.333. The molecule has 0 saturated heterocycles. The molecule has 5 heteroatoms. The van der Waals surface area contributed by atoms with E-state index in [1.165, 1.54) is 0 Å². The van der Waals surface area contributed by atoms with Gasteiger partial charge in [-0.25, -0.2) is 0 Å². The Kier molecular flexibility index (Phi) is 4.47. The molecular formula is C15H17IN2O2. The average molecular weight is 384 g/mol. The van der Waals surface area contributed by atoms with E-state index in [1.807, 2.05) is 51.4 Å². The summed E-state index contributed by atoms with van der Waals surface area (Å²) < 4.78 is 8.61. The lowest BCUT2D eigenvalue weighted by Gasteiger charge is -2.26. The monoisotopic (exact) mass is 384 g/mol. The molecule has 2 heterocycles. The molecule has 0 radical (unpaired) electrons. The molecule has 0 saturated carbocycles. The number of ketones is 1. The molecule has 0 aliphatic rings. The Morgan fingerprint density at radius 3 is 2.50 bits per heavy atom. The quantitative estimate of drug-likeness (QED) is 0.756. The Hall–Kier alpha value is -1.37. The zero-order valence-corrected chi connectivity index (χ0v) is 13.9. The van der Waals surface area contributed by atoms with Crippen LogP contribution in [0.15, 0.2) is 43.0 Å². The second-order valence-corrected chi connectivity index (χ2v) is 6.80. The van der Waals surface area contributed by atoms with Crippen molar-refractivity contribution in [2.24, 2.45) is 5.41 Å². The van der Waals surface area contributed by atoms with Gasteiger partial charge in [-0.15, -0.1) is 0 Å². The largest absolute Gasteiger partial charge is 0.461 e. The third kappa shape index (κ3) is 3.59. The van der Waals surface area contributed by atoms with Gasteiger partial charge in [-0.2, -0.15) is 0 Å². The van der Waals surface area contributed by atoms with E-state index in [0.717, 1.165) is 3.57 Å². The summed E-state index contributed by atoms with van der Waals surface area (Å²) in [7, 11) is 0. The average Bonchev–Trinajstić information content (AvgIpc) is 2.87. The van der Waals surface area contributed by atoms with Crippen LogP contribution in [0.2, 0.25) is 0 Å². The van der Waals surface area contributed by atoms with Crippen molar-refractivity contribution >= 4 is 28.4 Å². The summed E-state index contributed by atoms with van der Waals surface area (Å²) in [6, 6.07) is 5.61. The normalized spacial score (nSPS) is 13.0. The first-order valence-corrected chi connectivity index (χ1v) is 7.40. The predicted molar refractivity (Wildman–Crippen MR) is 85.5 cm³/mol. The number of pyridine rings is 1. The van der Waals surface area contributed by atoms with E-state index in [-0.39, 0.29) is 5.78 Å². The van der Waals surface area contributed by atoms with Crippen LogP contribution in [0, 0.1) is 8.99 Å². The molecule has 4 nitrogen and oxygen atoms in total. The number of ether oxygens (including phenoxy) is 1. The number of carbonyl (C=O) groups is 1. The number of carbonyl (C=O) groups excluding carboxylic acids is 1. The second-order valence-electron chi connectivity index (χ2n) is 5.55. The van der Waals surface area contributed by atoms with E-state index in [4.69, 9.17) is 4.74 Å². The van der Waals surface area contributed by atoms with Crippen LogP contribution in [0.4, 0.5) is 0 Å². The number of aromatic nitrogens is 2. The Bertz CT molecular complexity index is 588. The number of halogens is 1. The summed E-state index contributed by atoms with van der Waals surface area (Å²) in [5.74, 6) is 0.612. The molecule has 0 N–H and O–H groups in total. The van der Waals surface area contributed by atoms with Gasteiger partial charge in [-0.05, 0) is 40.8 Å². The molecular weight excluding hydrogens is 367 g/mol. The van der Waals surface area contributed by atoms with Crippen LogP contribution >= 0.6 is 22.6 Å². The van der Waals surface area contributed by atoms with E-state index in [2.05, 4.69) is 27.6 Å².